The van der Waals surface area contributed by atoms with Crippen LogP contribution in [0.4, 0.5) is 10.5 Å². The molecule has 0 spiro atoms. The molecule has 1 amide bonds. The van der Waals surface area contributed by atoms with Crippen LogP contribution in [0.25, 0.3) is 0 Å². The van der Waals surface area contributed by atoms with Gasteiger partial charge in [0.1, 0.15) is 6.61 Å². The first-order valence-electron chi connectivity index (χ1n) is 4.44. The maximum atomic E-state index is 11.1. The van der Waals surface area contributed by atoms with Crippen LogP contribution in [0.3, 0.4) is 0 Å². The van der Waals surface area contributed by atoms with Gasteiger partial charge in [-0.25, -0.2) is 4.79 Å². The second-order valence-electron chi connectivity index (χ2n) is 2.95. The molecule has 0 heterocycles. The molecule has 1 aromatic carbocycles. The molecule has 0 saturated carbocycles. The van der Waals surface area contributed by atoms with Crippen LogP contribution in [0.1, 0.15) is 5.56 Å². The standard InChI is InChI=1S/C10H12BrNO3/c1-7-6-8(2-3-9(7)11)12-10(14)15-5-4-13/h2-3,6,13H,4-5H2,1H3,(H,12,14). The third-order valence-corrected chi connectivity index (χ3v) is 2.62. The summed E-state index contributed by atoms with van der Waals surface area (Å²) < 4.78 is 5.64. The summed E-state index contributed by atoms with van der Waals surface area (Å²) in [4.78, 5) is 11.1. The monoisotopic (exact) mass is 273 g/mol. The third kappa shape index (κ3) is 3.89. The topological polar surface area (TPSA) is 58.6 Å². The highest BCUT2D eigenvalue weighted by molar-refractivity contribution is 9.10. The van der Waals surface area contributed by atoms with E-state index < -0.39 is 6.09 Å². The predicted molar refractivity (Wildman–Crippen MR) is 60.9 cm³/mol. The molecular weight excluding hydrogens is 262 g/mol. The summed E-state index contributed by atoms with van der Waals surface area (Å²) in [5, 5.41) is 11.0. The molecule has 5 heteroatoms. The molecule has 0 saturated heterocycles. The number of carbonyl (C=O) groups excluding carboxylic acids is 1. The van der Waals surface area contributed by atoms with Gasteiger partial charge >= 0.3 is 6.09 Å². The Labute approximate surface area is 96.4 Å². The molecule has 0 bridgehead atoms. The molecule has 0 atom stereocenters. The van der Waals surface area contributed by atoms with Crippen molar-refractivity contribution in [3.05, 3.63) is 28.2 Å². The van der Waals surface area contributed by atoms with Crippen molar-refractivity contribution < 1.29 is 14.6 Å². The van der Waals surface area contributed by atoms with Crippen molar-refractivity contribution in [3.63, 3.8) is 0 Å². The molecule has 0 aliphatic carbocycles. The Morgan fingerprint density at radius 2 is 2.33 bits per heavy atom. The summed E-state index contributed by atoms with van der Waals surface area (Å²) in [6, 6.07) is 5.43. The quantitative estimate of drug-likeness (QED) is 0.889. The number of anilines is 1. The molecule has 82 valence electrons. The number of amides is 1. The number of aryl methyl sites for hydroxylation is 1. The molecule has 0 unspecified atom stereocenters. The van der Waals surface area contributed by atoms with Crippen LogP contribution >= 0.6 is 15.9 Å². The Morgan fingerprint density at radius 1 is 1.60 bits per heavy atom. The van der Waals surface area contributed by atoms with Crippen LogP contribution in [-0.2, 0) is 4.74 Å². The molecular formula is C10H12BrNO3. The molecule has 0 fully saturated rings. The van der Waals surface area contributed by atoms with Gasteiger partial charge in [0, 0.05) is 10.2 Å². The number of rotatable bonds is 3. The average molecular weight is 274 g/mol. The van der Waals surface area contributed by atoms with Crippen LogP contribution in [0.5, 0.6) is 0 Å². The van der Waals surface area contributed by atoms with Crippen LogP contribution in [0.15, 0.2) is 22.7 Å². The molecule has 4 nitrogen and oxygen atoms in total. The van der Waals surface area contributed by atoms with Crippen molar-refractivity contribution in [1.82, 2.24) is 0 Å². The molecule has 0 radical (unpaired) electrons. The lowest BCUT2D eigenvalue weighted by Gasteiger charge is -2.07. The van der Waals surface area contributed by atoms with E-state index in [1.165, 1.54) is 0 Å². The number of aliphatic hydroxyl groups excluding tert-OH is 1. The Morgan fingerprint density at radius 3 is 2.93 bits per heavy atom. The number of hydrogen-bond acceptors (Lipinski definition) is 3. The second-order valence-corrected chi connectivity index (χ2v) is 3.80. The van der Waals surface area contributed by atoms with E-state index in [4.69, 9.17) is 5.11 Å². The Hall–Kier alpha value is -1.07. The zero-order valence-electron chi connectivity index (χ0n) is 8.29. The highest BCUT2D eigenvalue weighted by Gasteiger charge is 2.03. The molecule has 2 N–H and O–H groups in total. The fourth-order valence-electron chi connectivity index (χ4n) is 1.01. The van der Waals surface area contributed by atoms with E-state index in [-0.39, 0.29) is 13.2 Å². The first-order valence-corrected chi connectivity index (χ1v) is 5.23. The van der Waals surface area contributed by atoms with Crippen LogP contribution < -0.4 is 5.32 Å². The van der Waals surface area contributed by atoms with E-state index >= 15 is 0 Å². The van der Waals surface area contributed by atoms with Gasteiger partial charge in [0.15, 0.2) is 0 Å². The number of carbonyl (C=O) groups is 1. The van der Waals surface area contributed by atoms with E-state index in [9.17, 15) is 4.79 Å². The first-order chi connectivity index (χ1) is 7.13. The number of aliphatic hydroxyl groups is 1. The van der Waals surface area contributed by atoms with Gasteiger partial charge in [-0.3, -0.25) is 5.32 Å². The SMILES string of the molecule is Cc1cc(NC(=O)OCCO)ccc1Br. The second kappa shape index (κ2) is 5.72. The number of benzene rings is 1. The lowest BCUT2D eigenvalue weighted by molar-refractivity contribution is 0.131. The first kappa shape index (κ1) is 12.0. The maximum absolute atomic E-state index is 11.1. The maximum Gasteiger partial charge on any atom is 0.411 e. The lowest BCUT2D eigenvalue weighted by atomic mass is 10.2. The number of halogens is 1. The predicted octanol–water partition coefficient (Wildman–Crippen LogP) is 2.30. The smallest absolute Gasteiger partial charge is 0.411 e. The molecule has 1 aromatic rings. The zero-order chi connectivity index (χ0) is 11.3. The van der Waals surface area contributed by atoms with E-state index in [0.29, 0.717) is 5.69 Å². The Bertz CT molecular complexity index is 355. The van der Waals surface area contributed by atoms with E-state index in [1.807, 2.05) is 19.1 Å². The minimum atomic E-state index is -0.564. The van der Waals surface area contributed by atoms with Crippen LogP contribution in [-0.4, -0.2) is 24.4 Å². The van der Waals surface area contributed by atoms with Crippen molar-refractivity contribution in [3.8, 4) is 0 Å². The fourth-order valence-corrected chi connectivity index (χ4v) is 1.26. The van der Waals surface area contributed by atoms with Gasteiger partial charge in [-0.1, -0.05) is 15.9 Å². The Balaban J connectivity index is 2.57. The minimum Gasteiger partial charge on any atom is -0.447 e. The van der Waals surface area contributed by atoms with Gasteiger partial charge in [0.05, 0.1) is 6.61 Å². The van der Waals surface area contributed by atoms with Crippen molar-refractivity contribution in [2.75, 3.05) is 18.5 Å². The van der Waals surface area contributed by atoms with Gasteiger partial charge in [-0.05, 0) is 30.7 Å². The van der Waals surface area contributed by atoms with E-state index in [0.717, 1.165) is 10.0 Å². The van der Waals surface area contributed by atoms with Crippen LogP contribution in [0.2, 0.25) is 0 Å². The molecule has 15 heavy (non-hydrogen) atoms. The van der Waals surface area contributed by atoms with Gasteiger partial charge in [0.25, 0.3) is 0 Å². The van der Waals surface area contributed by atoms with Gasteiger partial charge in [-0.15, -0.1) is 0 Å². The molecule has 0 aliphatic rings. The largest absolute Gasteiger partial charge is 0.447 e. The highest BCUT2D eigenvalue weighted by atomic mass is 79.9. The summed E-state index contributed by atoms with van der Waals surface area (Å²) in [5.41, 5.74) is 1.69. The van der Waals surface area contributed by atoms with Crippen molar-refractivity contribution >= 4 is 27.7 Å². The normalized spacial score (nSPS) is 9.80. The summed E-state index contributed by atoms with van der Waals surface area (Å²) >= 11 is 3.36. The van der Waals surface area contributed by atoms with Gasteiger partial charge in [-0.2, -0.15) is 0 Å². The highest BCUT2D eigenvalue weighted by Crippen LogP contribution is 2.19. The molecule has 1 rings (SSSR count). The van der Waals surface area contributed by atoms with Crippen LogP contribution in [0, 0.1) is 6.92 Å². The lowest BCUT2D eigenvalue weighted by Crippen LogP contribution is -2.15. The van der Waals surface area contributed by atoms with Crippen molar-refractivity contribution in [2.24, 2.45) is 0 Å². The summed E-state index contributed by atoms with van der Waals surface area (Å²) in [5.74, 6) is 0. The number of hydrogen-bond donors (Lipinski definition) is 2. The average Bonchev–Trinajstić information content (AvgIpc) is 2.20. The minimum absolute atomic E-state index is 0.00133. The summed E-state index contributed by atoms with van der Waals surface area (Å²) in [6.07, 6.45) is -0.564. The third-order valence-electron chi connectivity index (χ3n) is 1.73. The molecule has 0 aliphatic heterocycles. The fraction of sp³-hybridized carbons (Fsp3) is 0.300. The van der Waals surface area contributed by atoms with E-state index in [1.54, 1.807) is 6.07 Å². The molecule has 0 aromatic heterocycles. The van der Waals surface area contributed by atoms with Crippen molar-refractivity contribution in [2.45, 2.75) is 6.92 Å². The van der Waals surface area contributed by atoms with Gasteiger partial charge in [0.2, 0.25) is 0 Å². The van der Waals surface area contributed by atoms with E-state index in [2.05, 4.69) is 26.0 Å². The number of nitrogens with one attached hydrogen (secondary N) is 1. The van der Waals surface area contributed by atoms with Crippen molar-refractivity contribution in [1.29, 1.82) is 0 Å². The Kier molecular flexibility index (Phi) is 4.58. The zero-order valence-corrected chi connectivity index (χ0v) is 9.87. The number of ether oxygens (including phenoxy) is 1. The van der Waals surface area contributed by atoms with Gasteiger partial charge < -0.3 is 9.84 Å². The summed E-state index contributed by atoms with van der Waals surface area (Å²) in [6.45, 7) is 1.75. The summed E-state index contributed by atoms with van der Waals surface area (Å²) in [7, 11) is 0.